The lowest BCUT2D eigenvalue weighted by Crippen LogP contribution is -2.60. The van der Waals surface area contributed by atoms with Gasteiger partial charge in [0.05, 0.1) is 9.94 Å². The smallest absolute Gasteiger partial charge is 0.0943 e. The highest BCUT2D eigenvalue weighted by Crippen LogP contribution is 2.26. The number of aliphatic hydroxyl groups is 1. The zero-order valence-corrected chi connectivity index (χ0v) is 8.08. The van der Waals surface area contributed by atoms with Crippen molar-refractivity contribution in [2.75, 3.05) is 13.1 Å². The summed E-state index contributed by atoms with van der Waals surface area (Å²) < 4.78 is 0.792. The molecule has 1 aliphatic heterocycles. The van der Waals surface area contributed by atoms with Crippen LogP contribution in [0.4, 0.5) is 0 Å². The number of nitrogens with one attached hydrogen (secondary N) is 1. The monoisotopic (exact) mass is 203 g/mol. The minimum absolute atomic E-state index is 0.520. The molecule has 0 radical (unpaired) electrons. The number of rotatable bonds is 2. The third-order valence-electron chi connectivity index (χ3n) is 2.04. The minimum atomic E-state index is -0.520. The molecule has 2 nitrogen and oxygen atoms in total. The summed E-state index contributed by atoms with van der Waals surface area (Å²) in [7, 11) is 0. The van der Waals surface area contributed by atoms with Crippen LogP contribution in [0.25, 0.3) is 0 Å². The Kier molecular flexibility index (Phi) is 2.12. The average Bonchev–Trinajstić information content (AvgIpc) is 2.32. The van der Waals surface area contributed by atoms with Gasteiger partial charge in [-0.3, -0.25) is 0 Å². The van der Waals surface area contributed by atoms with E-state index in [9.17, 15) is 5.11 Å². The molecular weight excluding hydrogens is 194 g/mol. The van der Waals surface area contributed by atoms with E-state index in [0.29, 0.717) is 13.1 Å². The molecule has 2 heterocycles. The molecule has 1 aliphatic rings. The molecular formula is C8H10ClNOS. The number of β-amino-alcohol motifs (C(OH)–C–C–N with tert-alkyl or cyclic N) is 1. The lowest BCUT2D eigenvalue weighted by molar-refractivity contribution is -0.00833. The van der Waals surface area contributed by atoms with Gasteiger partial charge in [-0.1, -0.05) is 11.6 Å². The topological polar surface area (TPSA) is 32.3 Å². The van der Waals surface area contributed by atoms with Gasteiger partial charge in [-0.25, -0.2) is 0 Å². The van der Waals surface area contributed by atoms with Crippen LogP contribution in [-0.2, 0) is 6.42 Å². The first-order chi connectivity index (χ1) is 5.68. The van der Waals surface area contributed by atoms with Gasteiger partial charge < -0.3 is 10.4 Å². The van der Waals surface area contributed by atoms with Crippen molar-refractivity contribution in [3.05, 3.63) is 21.3 Å². The molecule has 4 heteroatoms. The second kappa shape index (κ2) is 3.00. The molecule has 1 fully saturated rings. The third kappa shape index (κ3) is 1.64. The van der Waals surface area contributed by atoms with Gasteiger partial charge >= 0.3 is 0 Å². The summed E-state index contributed by atoms with van der Waals surface area (Å²) in [4.78, 5) is 1.16. The molecule has 2 N–H and O–H groups in total. The molecule has 0 aromatic carbocycles. The van der Waals surface area contributed by atoms with Gasteiger partial charge in [0.2, 0.25) is 0 Å². The first kappa shape index (κ1) is 8.51. The van der Waals surface area contributed by atoms with Crippen molar-refractivity contribution in [3.63, 3.8) is 0 Å². The van der Waals surface area contributed by atoms with E-state index in [1.807, 2.05) is 12.1 Å². The van der Waals surface area contributed by atoms with E-state index in [2.05, 4.69) is 5.32 Å². The van der Waals surface area contributed by atoms with Gasteiger partial charge in [-0.2, -0.15) is 0 Å². The normalized spacial score (nSPS) is 20.5. The maximum absolute atomic E-state index is 9.77. The van der Waals surface area contributed by atoms with E-state index in [4.69, 9.17) is 11.6 Å². The van der Waals surface area contributed by atoms with Crippen LogP contribution < -0.4 is 5.32 Å². The van der Waals surface area contributed by atoms with Crippen LogP contribution in [0.2, 0.25) is 4.34 Å². The first-order valence-electron chi connectivity index (χ1n) is 3.85. The summed E-state index contributed by atoms with van der Waals surface area (Å²) in [6.07, 6.45) is 0.720. The number of hydrogen-bond acceptors (Lipinski definition) is 3. The van der Waals surface area contributed by atoms with Crippen molar-refractivity contribution >= 4 is 22.9 Å². The fourth-order valence-electron chi connectivity index (χ4n) is 1.31. The predicted molar refractivity (Wildman–Crippen MR) is 50.9 cm³/mol. The molecule has 0 atom stereocenters. The molecule has 0 unspecified atom stereocenters. The van der Waals surface area contributed by atoms with Crippen molar-refractivity contribution in [2.24, 2.45) is 0 Å². The Morgan fingerprint density at radius 2 is 2.33 bits per heavy atom. The Balaban J connectivity index is 2.03. The Labute approximate surface area is 80.2 Å². The van der Waals surface area contributed by atoms with E-state index < -0.39 is 5.60 Å². The zero-order valence-electron chi connectivity index (χ0n) is 6.51. The van der Waals surface area contributed by atoms with Gasteiger partial charge in [0, 0.05) is 24.4 Å². The molecule has 1 saturated heterocycles. The zero-order chi connectivity index (χ0) is 8.60. The summed E-state index contributed by atoms with van der Waals surface area (Å²) in [5, 5.41) is 12.8. The fourth-order valence-corrected chi connectivity index (χ4v) is 2.53. The van der Waals surface area contributed by atoms with Crippen molar-refractivity contribution in [1.29, 1.82) is 0 Å². The predicted octanol–water partition coefficient (Wildman–Crippen LogP) is 1.28. The van der Waals surface area contributed by atoms with Crippen LogP contribution in [0.1, 0.15) is 4.88 Å². The number of halogens is 1. The van der Waals surface area contributed by atoms with Crippen molar-refractivity contribution < 1.29 is 5.11 Å². The van der Waals surface area contributed by atoms with Crippen LogP contribution >= 0.6 is 22.9 Å². The number of hydrogen-bond donors (Lipinski definition) is 2. The van der Waals surface area contributed by atoms with Crippen LogP contribution in [0.15, 0.2) is 12.1 Å². The van der Waals surface area contributed by atoms with Gasteiger partial charge in [-0.15, -0.1) is 11.3 Å². The highest BCUT2D eigenvalue weighted by Gasteiger charge is 2.34. The summed E-state index contributed by atoms with van der Waals surface area (Å²) >= 11 is 7.31. The first-order valence-corrected chi connectivity index (χ1v) is 5.05. The van der Waals surface area contributed by atoms with Crippen molar-refractivity contribution in [2.45, 2.75) is 12.0 Å². The highest BCUT2D eigenvalue weighted by molar-refractivity contribution is 7.16. The Morgan fingerprint density at radius 1 is 1.58 bits per heavy atom. The molecule has 1 aromatic heterocycles. The van der Waals surface area contributed by atoms with E-state index in [1.54, 1.807) is 11.3 Å². The van der Waals surface area contributed by atoms with Gasteiger partial charge in [-0.05, 0) is 12.1 Å². The third-order valence-corrected chi connectivity index (χ3v) is 3.27. The molecule has 12 heavy (non-hydrogen) atoms. The highest BCUT2D eigenvalue weighted by atomic mass is 35.5. The lowest BCUT2D eigenvalue weighted by Gasteiger charge is -2.37. The van der Waals surface area contributed by atoms with Crippen molar-refractivity contribution in [1.82, 2.24) is 5.32 Å². The summed E-state index contributed by atoms with van der Waals surface area (Å²) in [5.74, 6) is 0. The van der Waals surface area contributed by atoms with E-state index in [0.717, 1.165) is 15.6 Å². The summed E-state index contributed by atoms with van der Waals surface area (Å²) in [6.45, 7) is 1.39. The molecule has 1 aromatic rings. The maximum atomic E-state index is 9.77. The van der Waals surface area contributed by atoms with E-state index >= 15 is 0 Å². The standard InChI is InChI=1S/C8H10ClNOS/c9-7-2-1-6(12-7)3-8(11)4-10-5-8/h1-2,10-11H,3-5H2. The Bertz CT molecular complexity index is 282. The average molecular weight is 204 g/mol. The second-order valence-corrected chi connectivity index (χ2v) is 5.01. The molecule has 0 amide bonds. The largest absolute Gasteiger partial charge is 0.387 e. The van der Waals surface area contributed by atoms with Gasteiger partial charge in [0.1, 0.15) is 0 Å². The fraction of sp³-hybridized carbons (Fsp3) is 0.500. The van der Waals surface area contributed by atoms with Gasteiger partial charge in [0.15, 0.2) is 0 Å². The van der Waals surface area contributed by atoms with Crippen LogP contribution in [0, 0.1) is 0 Å². The quantitative estimate of drug-likeness (QED) is 0.759. The van der Waals surface area contributed by atoms with Crippen LogP contribution in [0.5, 0.6) is 0 Å². The van der Waals surface area contributed by atoms with E-state index in [-0.39, 0.29) is 0 Å². The molecule has 0 spiro atoms. The lowest BCUT2D eigenvalue weighted by atomic mass is 9.92. The molecule has 0 saturated carbocycles. The van der Waals surface area contributed by atoms with E-state index in [1.165, 1.54) is 0 Å². The summed E-state index contributed by atoms with van der Waals surface area (Å²) in [5.41, 5.74) is -0.520. The van der Waals surface area contributed by atoms with Crippen molar-refractivity contribution in [3.8, 4) is 0 Å². The minimum Gasteiger partial charge on any atom is -0.387 e. The number of thiophene rings is 1. The molecule has 0 aliphatic carbocycles. The van der Waals surface area contributed by atoms with Crippen LogP contribution in [0.3, 0.4) is 0 Å². The Hall–Kier alpha value is -0.0900. The SMILES string of the molecule is OC1(Cc2ccc(Cl)s2)CNC1. The van der Waals surface area contributed by atoms with Crippen LogP contribution in [-0.4, -0.2) is 23.8 Å². The maximum Gasteiger partial charge on any atom is 0.0943 e. The summed E-state index contributed by atoms with van der Waals surface area (Å²) in [6, 6.07) is 3.85. The molecule has 66 valence electrons. The second-order valence-electron chi connectivity index (χ2n) is 3.21. The molecule has 2 rings (SSSR count). The Morgan fingerprint density at radius 3 is 2.75 bits per heavy atom. The molecule has 0 bridgehead atoms. The van der Waals surface area contributed by atoms with Gasteiger partial charge in [0.25, 0.3) is 0 Å².